The maximum atomic E-state index is 11.4. The molecule has 4 nitrogen and oxygen atoms in total. The Hall–Kier alpha value is -1.62. The van der Waals surface area contributed by atoms with Gasteiger partial charge in [-0.1, -0.05) is 6.07 Å². The topological polar surface area (TPSA) is 57.8 Å². The van der Waals surface area contributed by atoms with Crippen LogP contribution in [0.15, 0.2) is 29.8 Å². The number of anilines is 1. The van der Waals surface area contributed by atoms with E-state index in [1.807, 2.05) is 11.4 Å². The third-order valence-corrected chi connectivity index (χ3v) is 2.36. The third kappa shape index (κ3) is 1.75. The van der Waals surface area contributed by atoms with Gasteiger partial charge in [-0.3, -0.25) is 9.89 Å². The van der Waals surface area contributed by atoms with Crippen molar-refractivity contribution in [3.05, 3.63) is 34.7 Å². The first-order valence-corrected chi connectivity index (χ1v) is 4.58. The van der Waals surface area contributed by atoms with Gasteiger partial charge in [-0.05, 0) is 11.4 Å². The van der Waals surface area contributed by atoms with E-state index in [0.717, 1.165) is 0 Å². The molecule has 0 bridgehead atoms. The minimum atomic E-state index is -0.112. The predicted octanol–water partition coefficient (Wildman–Crippen LogP) is 1.72. The van der Waals surface area contributed by atoms with E-state index in [2.05, 4.69) is 15.5 Å². The normalized spacial score (nSPS) is 9.85. The Morgan fingerprint density at radius 2 is 2.46 bits per heavy atom. The molecule has 2 rings (SSSR count). The predicted molar refractivity (Wildman–Crippen MR) is 50.9 cm³/mol. The second-order valence-electron chi connectivity index (χ2n) is 2.40. The van der Waals surface area contributed by atoms with Crippen molar-refractivity contribution >= 4 is 23.1 Å². The minimum Gasteiger partial charge on any atom is -0.306 e. The Kier molecular flexibility index (Phi) is 2.09. The summed E-state index contributed by atoms with van der Waals surface area (Å²) < 4.78 is 0. The van der Waals surface area contributed by atoms with Gasteiger partial charge in [0.1, 0.15) is 5.82 Å². The molecular weight excluding hydrogens is 186 g/mol. The lowest BCUT2D eigenvalue weighted by Crippen LogP contribution is -2.10. The number of aromatic nitrogens is 2. The fourth-order valence-electron chi connectivity index (χ4n) is 0.917. The van der Waals surface area contributed by atoms with E-state index in [1.54, 1.807) is 18.3 Å². The van der Waals surface area contributed by atoms with Gasteiger partial charge in [-0.2, -0.15) is 5.10 Å². The lowest BCUT2D eigenvalue weighted by atomic mass is 10.4. The molecule has 66 valence electrons. The summed E-state index contributed by atoms with van der Waals surface area (Å²) >= 11 is 1.41. The van der Waals surface area contributed by atoms with Crippen LogP contribution in [0.5, 0.6) is 0 Å². The summed E-state index contributed by atoms with van der Waals surface area (Å²) in [6, 6.07) is 5.31. The summed E-state index contributed by atoms with van der Waals surface area (Å²) in [5.41, 5.74) is 0. The van der Waals surface area contributed by atoms with Crippen LogP contribution in [0.1, 0.15) is 9.67 Å². The monoisotopic (exact) mass is 193 g/mol. The molecule has 0 aliphatic heterocycles. The van der Waals surface area contributed by atoms with Gasteiger partial charge in [0, 0.05) is 6.07 Å². The number of H-pyrrole nitrogens is 1. The number of hydrogen-bond acceptors (Lipinski definition) is 3. The van der Waals surface area contributed by atoms with E-state index in [-0.39, 0.29) is 5.91 Å². The standard InChI is InChI=1S/C8H7N3OS/c12-8(6-2-1-5-13-6)10-7-3-4-9-11-7/h1-5H,(H2,9,10,11,12). The van der Waals surface area contributed by atoms with Crippen LogP contribution in [0, 0.1) is 0 Å². The Morgan fingerprint density at radius 3 is 3.08 bits per heavy atom. The van der Waals surface area contributed by atoms with Crippen molar-refractivity contribution in [2.24, 2.45) is 0 Å². The molecule has 0 atom stereocenters. The number of thiophene rings is 1. The molecule has 2 N–H and O–H groups in total. The molecule has 0 unspecified atom stereocenters. The first-order valence-electron chi connectivity index (χ1n) is 3.70. The van der Waals surface area contributed by atoms with Crippen LogP contribution < -0.4 is 5.32 Å². The van der Waals surface area contributed by atoms with Crippen LogP contribution in [0.2, 0.25) is 0 Å². The van der Waals surface area contributed by atoms with Crippen molar-refractivity contribution in [3.63, 3.8) is 0 Å². The Bertz CT molecular complexity index is 379. The summed E-state index contributed by atoms with van der Waals surface area (Å²) in [5, 5.41) is 10.9. The zero-order valence-corrected chi connectivity index (χ0v) is 7.47. The minimum absolute atomic E-state index is 0.112. The van der Waals surface area contributed by atoms with E-state index < -0.39 is 0 Å². The SMILES string of the molecule is O=C(Nc1ccn[nH]1)c1cccs1. The number of rotatable bonds is 2. The second kappa shape index (κ2) is 3.40. The molecule has 0 aliphatic rings. The van der Waals surface area contributed by atoms with Gasteiger partial charge < -0.3 is 5.32 Å². The molecule has 0 aliphatic carbocycles. The lowest BCUT2D eigenvalue weighted by Gasteiger charge is -1.97. The molecule has 13 heavy (non-hydrogen) atoms. The highest BCUT2D eigenvalue weighted by Crippen LogP contribution is 2.10. The number of aromatic amines is 1. The molecule has 2 aromatic rings. The van der Waals surface area contributed by atoms with Crippen molar-refractivity contribution in [1.82, 2.24) is 10.2 Å². The summed E-state index contributed by atoms with van der Waals surface area (Å²) in [7, 11) is 0. The molecule has 2 aromatic heterocycles. The molecule has 1 amide bonds. The van der Waals surface area contributed by atoms with Crippen LogP contribution in [0.4, 0.5) is 5.82 Å². The van der Waals surface area contributed by atoms with Crippen molar-refractivity contribution in [2.45, 2.75) is 0 Å². The van der Waals surface area contributed by atoms with E-state index in [4.69, 9.17) is 0 Å². The quantitative estimate of drug-likeness (QED) is 0.763. The smallest absolute Gasteiger partial charge is 0.266 e. The van der Waals surface area contributed by atoms with Crippen molar-refractivity contribution in [2.75, 3.05) is 5.32 Å². The van der Waals surface area contributed by atoms with Crippen LogP contribution in [0.25, 0.3) is 0 Å². The number of carbonyl (C=O) groups excluding carboxylic acids is 1. The van der Waals surface area contributed by atoms with E-state index >= 15 is 0 Å². The van der Waals surface area contributed by atoms with E-state index in [0.29, 0.717) is 10.7 Å². The maximum Gasteiger partial charge on any atom is 0.266 e. The molecule has 0 fully saturated rings. The summed E-state index contributed by atoms with van der Waals surface area (Å²) in [6.07, 6.45) is 1.59. The molecule has 5 heteroatoms. The van der Waals surface area contributed by atoms with Crippen molar-refractivity contribution in [1.29, 1.82) is 0 Å². The molecule has 0 saturated carbocycles. The molecule has 0 aromatic carbocycles. The first-order chi connectivity index (χ1) is 6.36. The number of carbonyl (C=O) groups is 1. The van der Waals surface area contributed by atoms with Crippen LogP contribution >= 0.6 is 11.3 Å². The average Bonchev–Trinajstić information content (AvgIpc) is 2.74. The Labute approximate surface area is 78.6 Å². The summed E-state index contributed by atoms with van der Waals surface area (Å²) in [4.78, 5) is 12.1. The van der Waals surface area contributed by atoms with Gasteiger partial charge in [0.2, 0.25) is 0 Å². The molecular formula is C8H7N3OS. The van der Waals surface area contributed by atoms with Crippen LogP contribution in [-0.4, -0.2) is 16.1 Å². The van der Waals surface area contributed by atoms with Crippen LogP contribution in [0.3, 0.4) is 0 Å². The zero-order chi connectivity index (χ0) is 9.10. The van der Waals surface area contributed by atoms with Gasteiger partial charge in [0.15, 0.2) is 0 Å². The zero-order valence-electron chi connectivity index (χ0n) is 6.65. The summed E-state index contributed by atoms with van der Waals surface area (Å²) in [5.74, 6) is 0.498. The van der Waals surface area contributed by atoms with Crippen molar-refractivity contribution < 1.29 is 4.79 Å². The first kappa shape index (κ1) is 8.00. The van der Waals surface area contributed by atoms with Gasteiger partial charge in [0.05, 0.1) is 11.1 Å². The molecule has 0 radical (unpaired) electrons. The molecule has 0 spiro atoms. The van der Waals surface area contributed by atoms with E-state index in [1.165, 1.54) is 11.3 Å². The second-order valence-corrected chi connectivity index (χ2v) is 3.35. The fourth-order valence-corrected chi connectivity index (χ4v) is 1.54. The summed E-state index contributed by atoms with van der Waals surface area (Å²) in [6.45, 7) is 0. The number of hydrogen-bond donors (Lipinski definition) is 2. The average molecular weight is 193 g/mol. The van der Waals surface area contributed by atoms with E-state index in [9.17, 15) is 4.79 Å². The Balaban J connectivity index is 2.08. The maximum absolute atomic E-state index is 11.4. The Morgan fingerprint density at radius 1 is 1.54 bits per heavy atom. The van der Waals surface area contributed by atoms with Gasteiger partial charge in [0.25, 0.3) is 5.91 Å². The highest BCUT2D eigenvalue weighted by atomic mass is 32.1. The highest BCUT2D eigenvalue weighted by molar-refractivity contribution is 7.12. The van der Waals surface area contributed by atoms with Gasteiger partial charge in [-0.25, -0.2) is 0 Å². The number of nitrogens with one attached hydrogen (secondary N) is 2. The van der Waals surface area contributed by atoms with Gasteiger partial charge in [-0.15, -0.1) is 11.3 Å². The third-order valence-electron chi connectivity index (χ3n) is 1.49. The van der Waals surface area contributed by atoms with Gasteiger partial charge >= 0.3 is 0 Å². The number of nitrogens with zero attached hydrogens (tertiary/aromatic N) is 1. The fraction of sp³-hybridized carbons (Fsp3) is 0. The molecule has 2 heterocycles. The molecule has 0 saturated heterocycles. The number of amides is 1. The lowest BCUT2D eigenvalue weighted by molar-refractivity contribution is 0.103. The largest absolute Gasteiger partial charge is 0.306 e. The van der Waals surface area contributed by atoms with Crippen LogP contribution in [-0.2, 0) is 0 Å². The highest BCUT2D eigenvalue weighted by Gasteiger charge is 2.06. The van der Waals surface area contributed by atoms with Crippen molar-refractivity contribution in [3.8, 4) is 0 Å².